The van der Waals surface area contributed by atoms with Crippen LogP contribution in [0.4, 0.5) is 5.82 Å². The van der Waals surface area contributed by atoms with Crippen LogP contribution in [0.25, 0.3) is 11.8 Å². The SMILES string of the molecule is C1CCOCC1.C=CC(C)=O.CNC.COCc1c[nH]c(N)c1/C=C(\N)c1ccccc1O. The number of methoxy groups -OCH3 is 1. The first-order valence-electron chi connectivity index (χ1n) is 10.8. The van der Waals surface area contributed by atoms with Crippen molar-refractivity contribution in [3.8, 4) is 5.75 Å². The van der Waals surface area contributed by atoms with Crippen molar-refractivity contribution in [1.29, 1.82) is 0 Å². The minimum atomic E-state index is 0.0185. The summed E-state index contributed by atoms with van der Waals surface area (Å²) in [4.78, 5) is 12.6. The van der Waals surface area contributed by atoms with Crippen LogP contribution in [0.1, 0.15) is 42.9 Å². The van der Waals surface area contributed by atoms with E-state index in [-0.39, 0.29) is 11.5 Å². The Hall–Kier alpha value is -3.07. The zero-order valence-corrected chi connectivity index (χ0v) is 20.3. The third kappa shape index (κ3) is 13.2. The minimum absolute atomic E-state index is 0.0185. The molecule has 2 aromatic rings. The van der Waals surface area contributed by atoms with Crippen LogP contribution in [0.15, 0.2) is 43.1 Å². The topological polar surface area (TPSA) is 136 Å². The Labute approximate surface area is 197 Å². The Morgan fingerprint density at radius 1 is 1.27 bits per heavy atom. The number of rotatable bonds is 5. The molecule has 0 unspecified atom stereocenters. The molecule has 184 valence electrons. The summed E-state index contributed by atoms with van der Waals surface area (Å²) < 4.78 is 10.2. The molecule has 8 heteroatoms. The molecule has 3 rings (SSSR count). The second-order valence-electron chi connectivity index (χ2n) is 7.18. The molecule has 1 fully saturated rings. The molecule has 8 nitrogen and oxygen atoms in total. The summed E-state index contributed by atoms with van der Waals surface area (Å²) in [6.07, 6.45) is 8.72. The smallest absolute Gasteiger partial charge is 0.152 e. The third-order valence-electron chi connectivity index (χ3n) is 4.22. The lowest BCUT2D eigenvalue weighted by Crippen LogP contribution is -2.03. The number of hydrogen-bond donors (Lipinski definition) is 5. The normalized spacial score (nSPS) is 12.7. The second kappa shape index (κ2) is 18.5. The van der Waals surface area contributed by atoms with E-state index in [0.29, 0.717) is 23.7 Å². The molecule has 0 amide bonds. The van der Waals surface area contributed by atoms with Crippen molar-refractivity contribution >= 4 is 23.4 Å². The molecule has 0 aliphatic carbocycles. The highest BCUT2D eigenvalue weighted by atomic mass is 16.5. The Bertz CT molecular complexity index is 831. The highest BCUT2D eigenvalue weighted by molar-refractivity contribution is 5.86. The number of H-pyrrole nitrogens is 1. The van der Waals surface area contributed by atoms with E-state index in [0.717, 1.165) is 24.3 Å². The van der Waals surface area contributed by atoms with Crippen LogP contribution in [0.2, 0.25) is 0 Å². The van der Waals surface area contributed by atoms with Crippen LogP contribution < -0.4 is 16.8 Å². The van der Waals surface area contributed by atoms with Gasteiger partial charge in [-0.2, -0.15) is 0 Å². The summed E-state index contributed by atoms with van der Waals surface area (Å²) in [6.45, 7) is 7.11. The van der Waals surface area contributed by atoms with Gasteiger partial charge in [-0.15, -0.1) is 0 Å². The van der Waals surface area contributed by atoms with E-state index in [1.807, 2.05) is 20.2 Å². The fourth-order valence-electron chi connectivity index (χ4n) is 2.58. The van der Waals surface area contributed by atoms with Crippen molar-refractivity contribution in [2.24, 2.45) is 5.73 Å². The predicted octanol–water partition coefficient (Wildman–Crippen LogP) is 3.69. The lowest BCUT2D eigenvalue weighted by Gasteiger charge is -2.08. The van der Waals surface area contributed by atoms with E-state index in [1.165, 1.54) is 32.3 Å². The maximum Gasteiger partial charge on any atom is 0.152 e. The van der Waals surface area contributed by atoms with Gasteiger partial charge in [-0.05, 0) is 64.6 Å². The maximum absolute atomic E-state index is 9.77. The first-order chi connectivity index (χ1) is 15.8. The van der Waals surface area contributed by atoms with Crippen LogP contribution in [-0.2, 0) is 20.9 Å². The molecule has 1 aliphatic rings. The van der Waals surface area contributed by atoms with Crippen molar-refractivity contribution in [3.05, 3.63) is 59.8 Å². The number of nitrogen functional groups attached to an aromatic ring is 1. The Kier molecular flexibility index (Phi) is 16.8. The molecule has 7 N–H and O–H groups in total. The summed E-state index contributed by atoms with van der Waals surface area (Å²) in [6, 6.07) is 6.89. The van der Waals surface area contributed by atoms with Crippen LogP contribution in [0, 0.1) is 0 Å². The van der Waals surface area contributed by atoms with Gasteiger partial charge in [0.1, 0.15) is 11.6 Å². The van der Waals surface area contributed by atoms with Gasteiger partial charge in [0.05, 0.1) is 6.61 Å². The van der Waals surface area contributed by atoms with Crippen LogP contribution in [0.5, 0.6) is 5.75 Å². The lowest BCUT2D eigenvalue weighted by atomic mass is 10.1. The van der Waals surface area contributed by atoms with Crippen LogP contribution in [0.3, 0.4) is 0 Å². The molecule has 0 radical (unpaired) electrons. The Morgan fingerprint density at radius 2 is 1.85 bits per heavy atom. The number of allylic oxidation sites excluding steroid dienone is 1. The van der Waals surface area contributed by atoms with Crippen molar-refractivity contribution in [2.45, 2.75) is 32.8 Å². The van der Waals surface area contributed by atoms with E-state index in [1.54, 1.807) is 37.6 Å². The van der Waals surface area contributed by atoms with Crippen molar-refractivity contribution in [3.63, 3.8) is 0 Å². The van der Waals surface area contributed by atoms with Crippen molar-refractivity contribution < 1.29 is 19.4 Å². The van der Waals surface area contributed by atoms with E-state index in [2.05, 4.69) is 16.9 Å². The number of para-hydroxylation sites is 1. The van der Waals surface area contributed by atoms with Crippen LogP contribution >= 0.6 is 0 Å². The molecule has 33 heavy (non-hydrogen) atoms. The number of carbonyl (C=O) groups excluding carboxylic acids is 1. The maximum atomic E-state index is 9.77. The molecular formula is C25H40N4O4. The highest BCUT2D eigenvalue weighted by Gasteiger charge is 2.09. The number of hydrogen-bond acceptors (Lipinski definition) is 7. The number of ketones is 1. The second-order valence-corrected chi connectivity index (χ2v) is 7.18. The zero-order chi connectivity index (χ0) is 25.1. The van der Waals surface area contributed by atoms with E-state index >= 15 is 0 Å². The number of aromatic hydroxyl groups is 1. The predicted molar refractivity (Wildman–Crippen MR) is 137 cm³/mol. The average molecular weight is 461 g/mol. The van der Waals surface area contributed by atoms with E-state index in [9.17, 15) is 9.90 Å². The molecule has 1 aliphatic heterocycles. The number of nitrogens with one attached hydrogen (secondary N) is 2. The third-order valence-corrected chi connectivity index (χ3v) is 4.22. The van der Waals surface area contributed by atoms with Gasteiger partial charge in [0.15, 0.2) is 5.78 Å². The first-order valence-corrected chi connectivity index (χ1v) is 10.8. The molecule has 1 saturated heterocycles. The van der Waals surface area contributed by atoms with Gasteiger partial charge in [-0.3, -0.25) is 4.79 Å². The van der Waals surface area contributed by atoms with Crippen LogP contribution in [-0.4, -0.2) is 50.3 Å². The van der Waals surface area contributed by atoms with Gasteiger partial charge in [-0.25, -0.2) is 0 Å². The number of nitrogens with two attached hydrogens (primary N) is 2. The van der Waals surface area contributed by atoms with Crippen molar-refractivity contribution in [1.82, 2.24) is 10.3 Å². The largest absolute Gasteiger partial charge is 0.507 e. The van der Waals surface area contributed by atoms with Gasteiger partial charge in [-0.1, -0.05) is 18.7 Å². The fraction of sp³-hybridized carbons (Fsp3) is 0.400. The van der Waals surface area contributed by atoms with Gasteiger partial charge in [0, 0.05) is 48.9 Å². The fourth-order valence-corrected chi connectivity index (χ4v) is 2.58. The number of aromatic nitrogens is 1. The first kappa shape index (κ1) is 29.9. The number of anilines is 1. The average Bonchev–Trinajstić information content (AvgIpc) is 3.16. The molecule has 1 aromatic carbocycles. The van der Waals surface area contributed by atoms with E-state index in [4.69, 9.17) is 20.9 Å². The molecule has 0 spiro atoms. The number of phenols is 1. The van der Waals surface area contributed by atoms with Gasteiger partial charge < -0.3 is 36.3 Å². The molecule has 1 aromatic heterocycles. The molecule has 0 bridgehead atoms. The summed E-state index contributed by atoms with van der Waals surface area (Å²) in [5.41, 5.74) is 14.6. The Balaban J connectivity index is 0.000000595. The molecule has 0 saturated carbocycles. The minimum Gasteiger partial charge on any atom is -0.507 e. The number of aromatic amines is 1. The summed E-state index contributed by atoms with van der Waals surface area (Å²) in [7, 11) is 5.36. The molecule has 2 heterocycles. The number of ether oxygens (including phenoxy) is 2. The van der Waals surface area contributed by atoms with Gasteiger partial charge in [0.2, 0.25) is 0 Å². The lowest BCUT2D eigenvalue weighted by molar-refractivity contribution is -0.112. The molecule has 0 atom stereocenters. The summed E-state index contributed by atoms with van der Waals surface area (Å²) in [5.74, 6) is 0.675. The quantitative estimate of drug-likeness (QED) is 0.429. The van der Waals surface area contributed by atoms with E-state index < -0.39 is 0 Å². The molecular weight excluding hydrogens is 420 g/mol. The number of benzene rings is 1. The zero-order valence-electron chi connectivity index (χ0n) is 20.3. The van der Waals surface area contributed by atoms with Gasteiger partial charge in [0.25, 0.3) is 0 Å². The summed E-state index contributed by atoms with van der Waals surface area (Å²) in [5, 5.41) is 12.5. The van der Waals surface area contributed by atoms with Crippen molar-refractivity contribution in [2.75, 3.05) is 40.2 Å². The summed E-state index contributed by atoms with van der Waals surface area (Å²) >= 11 is 0. The standard InChI is InChI=1S/C14H17N3O2.C5H10O.C4H6O.C2H7N/c1-19-8-9-7-17-14(16)11(9)6-12(15)10-4-2-3-5-13(10)18;1-2-4-6-5-3-1;1-3-4(2)5;1-3-2/h2-7,17-18H,8,15-16H2,1H3;1-5H2;3H,1H2,2H3;3H,1-2H3/b12-6-;;;. The number of phenolic OH excluding ortho intramolecular Hbond substituents is 1. The monoisotopic (exact) mass is 460 g/mol. The van der Waals surface area contributed by atoms with Gasteiger partial charge >= 0.3 is 0 Å². The Morgan fingerprint density at radius 3 is 2.27 bits per heavy atom. The number of carbonyl (C=O) groups is 1. The highest BCUT2D eigenvalue weighted by Crippen LogP contribution is 2.26.